The van der Waals surface area contributed by atoms with E-state index in [1.165, 1.54) is 0 Å². The molecule has 6 heteroatoms. The Bertz CT molecular complexity index is 649. The van der Waals surface area contributed by atoms with Gasteiger partial charge in [0.2, 0.25) is 10.0 Å². The summed E-state index contributed by atoms with van der Waals surface area (Å²) in [5, 5.41) is 1.11. The Labute approximate surface area is 120 Å². The molecule has 0 spiro atoms. The Morgan fingerprint density at radius 1 is 1.30 bits per heavy atom. The first-order valence-electron chi connectivity index (χ1n) is 6.99. The van der Waals surface area contributed by atoms with Crippen molar-refractivity contribution in [1.29, 1.82) is 0 Å². The second-order valence-corrected chi connectivity index (χ2v) is 6.77. The molecule has 2 aromatic rings. The first-order chi connectivity index (χ1) is 9.62. The van der Waals surface area contributed by atoms with Crippen molar-refractivity contribution in [1.82, 2.24) is 14.3 Å². The molecule has 2 aromatic heterocycles. The van der Waals surface area contributed by atoms with Gasteiger partial charge in [0.1, 0.15) is 5.65 Å². The number of sulfonamides is 1. The molecule has 1 N–H and O–H groups in total. The number of hydrogen-bond donors (Lipinski definition) is 1. The smallest absolute Gasteiger partial charge is 0.211 e. The number of aryl methyl sites for hydroxylation is 1. The molecular formula is C14H21N3O2S. The Morgan fingerprint density at radius 3 is 2.95 bits per heavy atom. The summed E-state index contributed by atoms with van der Waals surface area (Å²) in [4.78, 5) is 4.33. The molecule has 0 unspecified atom stereocenters. The van der Waals surface area contributed by atoms with Crippen molar-refractivity contribution in [2.45, 2.75) is 32.7 Å². The minimum absolute atomic E-state index is 0.220. The summed E-state index contributed by atoms with van der Waals surface area (Å²) in [6.07, 6.45) is 6.12. The van der Waals surface area contributed by atoms with Gasteiger partial charge in [0.15, 0.2) is 0 Å². The van der Waals surface area contributed by atoms with E-state index in [0.717, 1.165) is 30.4 Å². The number of hydrogen-bond acceptors (Lipinski definition) is 3. The molecule has 0 aliphatic heterocycles. The zero-order valence-electron chi connectivity index (χ0n) is 11.7. The summed E-state index contributed by atoms with van der Waals surface area (Å²) in [5.74, 6) is 0.220. The first kappa shape index (κ1) is 15.0. The number of fused-ring (bicyclic) bond motifs is 1. The van der Waals surface area contributed by atoms with Crippen molar-refractivity contribution in [3.63, 3.8) is 0 Å². The maximum absolute atomic E-state index is 11.6. The fourth-order valence-corrected chi connectivity index (χ4v) is 3.35. The highest BCUT2D eigenvalue weighted by Crippen LogP contribution is 2.12. The van der Waals surface area contributed by atoms with Gasteiger partial charge in [-0.25, -0.2) is 18.1 Å². The van der Waals surface area contributed by atoms with E-state index in [2.05, 4.69) is 14.3 Å². The largest absolute Gasteiger partial charge is 0.332 e. The Morgan fingerprint density at radius 2 is 2.15 bits per heavy atom. The molecule has 0 fully saturated rings. The van der Waals surface area contributed by atoms with Gasteiger partial charge in [0.05, 0.1) is 5.75 Å². The van der Waals surface area contributed by atoms with E-state index >= 15 is 0 Å². The topological polar surface area (TPSA) is 64.0 Å². The van der Waals surface area contributed by atoms with Crippen LogP contribution in [-0.2, 0) is 16.6 Å². The van der Waals surface area contributed by atoms with Crippen LogP contribution in [0, 0.1) is 0 Å². The van der Waals surface area contributed by atoms with Crippen LogP contribution >= 0.6 is 0 Å². The van der Waals surface area contributed by atoms with Crippen LogP contribution in [0.2, 0.25) is 0 Å². The summed E-state index contributed by atoms with van der Waals surface area (Å²) < 4.78 is 28.0. The zero-order chi connectivity index (χ0) is 14.4. The molecule has 20 heavy (non-hydrogen) atoms. The molecule has 0 radical (unpaired) electrons. The van der Waals surface area contributed by atoms with Crippen molar-refractivity contribution in [2.24, 2.45) is 0 Å². The summed E-state index contributed by atoms with van der Waals surface area (Å²) in [5.41, 5.74) is 0.946. The van der Waals surface area contributed by atoms with Crippen molar-refractivity contribution in [3.05, 3.63) is 30.6 Å². The lowest BCUT2D eigenvalue weighted by Gasteiger charge is -2.07. The van der Waals surface area contributed by atoms with Crippen LogP contribution in [-0.4, -0.2) is 30.3 Å². The molecule has 0 aliphatic rings. The third-order valence-electron chi connectivity index (χ3n) is 3.19. The van der Waals surface area contributed by atoms with E-state index in [1.54, 1.807) is 6.20 Å². The Balaban J connectivity index is 1.82. The van der Waals surface area contributed by atoms with Gasteiger partial charge in [-0.05, 0) is 31.0 Å². The lowest BCUT2D eigenvalue weighted by Crippen LogP contribution is -2.27. The van der Waals surface area contributed by atoms with Crippen molar-refractivity contribution in [2.75, 3.05) is 12.3 Å². The molecular weight excluding hydrogens is 274 g/mol. The van der Waals surface area contributed by atoms with Gasteiger partial charge in [-0.15, -0.1) is 0 Å². The lowest BCUT2D eigenvalue weighted by atomic mass is 10.3. The summed E-state index contributed by atoms with van der Waals surface area (Å²) in [6.45, 7) is 3.22. The number of pyridine rings is 1. The molecule has 2 heterocycles. The molecule has 2 rings (SSSR count). The average Bonchev–Trinajstić information content (AvgIpc) is 2.85. The molecule has 5 nitrogen and oxygen atoms in total. The van der Waals surface area contributed by atoms with Crippen molar-refractivity contribution in [3.8, 4) is 0 Å². The minimum atomic E-state index is -3.10. The average molecular weight is 295 g/mol. The van der Waals surface area contributed by atoms with E-state index in [0.29, 0.717) is 13.0 Å². The van der Waals surface area contributed by atoms with Gasteiger partial charge in [0, 0.05) is 30.9 Å². The van der Waals surface area contributed by atoms with Crippen LogP contribution in [0.4, 0.5) is 0 Å². The van der Waals surface area contributed by atoms with Crippen molar-refractivity contribution >= 4 is 21.1 Å². The number of rotatable bonds is 8. The predicted molar refractivity (Wildman–Crippen MR) is 81.0 cm³/mol. The van der Waals surface area contributed by atoms with Gasteiger partial charge in [-0.3, -0.25) is 0 Å². The van der Waals surface area contributed by atoms with Crippen molar-refractivity contribution < 1.29 is 8.42 Å². The predicted octanol–water partition coefficient (Wildman–Crippen LogP) is 2.15. The zero-order valence-corrected chi connectivity index (χ0v) is 12.6. The maximum Gasteiger partial charge on any atom is 0.211 e. The third kappa shape index (κ3) is 4.05. The summed E-state index contributed by atoms with van der Waals surface area (Å²) >= 11 is 0. The SMILES string of the molecule is CCCCS(=O)(=O)NCCCn1ccc2cccnc21. The quantitative estimate of drug-likeness (QED) is 0.759. The first-order valence-corrected chi connectivity index (χ1v) is 8.65. The highest BCUT2D eigenvalue weighted by Gasteiger charge is 2.08. The Kier molecular flexibility index (Phi) is 5.14. The van der Waals surface area contributed by atoms with Gasteiger partial charge < -0.3 is 4.57 Å². The van der Waals surface area contributed by atoms with E-state index in [9.17, 15) is 8.42 Å². The van der Waals surface area contributed by atoms with Crippen LogP contribution in [0.15, 0.2) is 30.6 Å². The summed E-state index contributed by atoms with van der Waals surface area (Å²) in [7, 11) is -3.10. The fourth-order valence-electron chi connectivity index (χ4n) is 2.08. The number of unbranched alkanes of at least 4 members (excludes halogenated alkanes) is 1. The van der Waals surface area contributed by atoms with Gasteiger partial charge in [0.25, 0.3) is 0 Å². The van der Waals surface area contributed by atoms with Gasteiger partial charge in [-0.1, -0.05) is 13.3 Å². The van der Waals surface area contributed by atoms with Crippen LogP contribution in [0.1, 0.15) is 26.2 Å². The Hall–Kier alpha value is -1.40. The monoisotopic (exact) mass is 295 g/mol. The molecule has 0 aromatic carbocycles. The molecule has 0 saturated carbocycles. The third-order valence-corrected chi connectivity index (χ3v) is 4.66. The lowest BCUT2D eigenvalue weighted by molar-refractivity contribution is 0.569. The molecule has 0 aliphatic carbocycles. The summed E-state index contributed by atoms with van der Waals surface area (Å²) in [6, 6.07) is 5.95. The van der Waals surface area contributed by atoms with E-state index in [-0.39, 0.29) is 5.75 Å². The number of nitrogens with one attached hydrogen (secondary N) is 1. The molecule has 0 bridgehead atoms. The maximum atomic E-state index is 11.6. The highest BCUT2D eigenvalue weighted by atomic mass is 32.2. The molecule has 0 atom stereocenters. The second kappa shape index (κ2) is 6.85. The van der Waals surface area contributed by atoms with E-state index < -0.39 is 10.0 Å². The molecule has 0 saturated heterocycles. The van der Waals surface area contributed by atoms with E-state index in [4.69, 9.17) is 0 Å². The van der Waals surface area contributed by atoms with Crippen LogP contribution in [0.25, 0.3) is 11.0 Å². The van der Waals surface area contributed by atoms with Crippen LogP contribution in [0.5, 0.6) is 0 Å². The normalized spacial score (nSPS) is 12.1. The standard InChI is InChI=1S/C14H21N3O2S/c1-2-3-12-20(18,19)16-9-5-10-17-11-7-13-6-4-8-15-14(13)17/h4,6-8,11,16H,2-3,5,9-10,12H2,1H3. The fraction of sp³-hybridized carbons (Fsp3) is 0.500. The highest BCUT2D eigenvalue weighted by molar-refractivity contribution is 7.89. The van der Waals surface area contributed by atoms with Crippen LogP contribution in [0.3, 0.4) is 0 Å². The molecule has 0 amide bonds. The number of aromatic nitrogens is 2. The minimum Gasteiger partial charge on any atom is -0.332 e. The second-order valence-electron chi connectivity index (χ2n) is 4.85. The molecule has 110 valence electrons. The van der Waals surface area contributed by atoms with E-state index in [1.807, 2.05) is 31.3 Å². The number of nitrogens with zero attached hydrogens (tertiary/aromatic N) is 2. The van der Waals surface area contributed by atoms with Gasteiger partial charge >= 0.3 is 0 Å². The van der Waals surface area contributed by atoms with Gasteiger partial charge in [-0.2, -0.15) is 0 Å². The van der Waals surface area contributed by atoms with Crippen LogP contribution < -0.4 is 4.72 Å².